The third-order valence-corrected chi connectivity index (χ3v) is 5.30. The molecule has 0 aromatic rings. The van der Waals surface area contributed by atoms with Gasteiger partial charge in [-0.05, 0) is 13.5 Å². The van der Waals surface area contributed by atoms with Crippen LogP contribution >= 0.6 is 0 Å². The molecule has 7 nitrogen and oxygen atoms in total. The number of hydrogen-bond donors (Lipinski definition) is 2. The van der Waals surface area contributed by atoms with Crippen molar-refractivity contribution in [2.45, 2.75) is 96.8 Å². The minimum atomic E-state index is 0.552. The molecule has 0 saturated heterocycles. The lowest BCUT2D eigenvalue weighted by molar-refractivity contribution is -0.107. The highest BCUT2D eigenvalue weighted by Crippen LogP contribution is 2.12. The Morgan fingerprint density at radius 2 is 0.971 bits per heavy atom. The zero-order valence-electron chi connectivity index (χ0n) is 22.7. The van der Waals surface area contributed by atoms with Crippen LogP contribution in [0, 0.1) is 0 Å². The summed E-state index contributed by atoms with van der Waals surface area (Å²) >= 11 is 0. The van der Waals surface area contributed by atoms with Crippen molar-refractivity contribution in [2.24, 2.45) is 5.73 Å². The highest BCUT2D eigenvalue weighted by molar-refractivity contribution is 5.48. The van der Waals surface area contributed by atoms with Gasteiger partial charge in [-0.1, -0.05) is 84.0 Å². The summed E-state index contributed by atoms with van der Waals surface area (Å²) in [4.78, 5) is 10.1. The molecular formula is C27H58N2O5. The van der Waals surface area contributed by atoms with Crippen molar-refractivity contribution >= 4 is 6.29 Å². The Kier molecular flexibility index (Phi) is 38.7. The lowest BCUT2D eigenvalue weighted by Crippen LogP contribution is -2.17. The van der Waals surface area contributed by atoms with Gasteiger partial charge >= 0.3 is 0 Å². The monoisotopic (exact) mass is 490 g/mol. The van der Waals surface area contributed by atoms with Crippen LogP contribution in [0.25, 0.3) is 0 Å². The largest absolute Gasteiger partial charge is 0.378 e. The zero-order chi connectivity index (χ0) is 25.2. The first-order valence-corrected chi connectivity index (χ1v) is 13.9. The van der Waals surface area contributed by atoms with E-state index in [1.165, 1.54) is 77.0 Å². The van der Waals surface area contributed by atoms with Crippen molar-refractivity contribution in [1.29, 1.82) is 0 Å². The molecule has 0 atom stereocenters. The summed E-state index contributed by atoms with van der Waals surface area (Å²) in [5.74, 6) is 0. The van der Waals surface area contributed by atoms with Crippen LogP contribution in [-0.4, -0.2) is 79.3 Å². The van der Waals surface area contributed by atoms with E-state index in [4.69, 9.17) is 24.7 Å². The second kappa shape index (κ2) is 37.0. The Bertz CT molecular complexity index is 335. The number of aldehydes is 1. The van der Waals surface area contributed by atoms with Crippen molar-refractivity contribution < 1.29 is 23.7 Å². The molecule has 0 bridgehead atoms. The molecule has 0 unspecified atom stereocenters. The van der Waals surface area contributed by atoms with Crippen LogP contribution in [0.4, 0.5) is 0 Å². The number of rotatable bonds is 28. The normalized spacial score (nSPS) is 10.8. The third-order valence-electron chi connectivity index (χ3n) is 5.30. The van der Waals surface area contributed by atoms with Gasteiger partial charge in [0.1, 0.15) is 6.29 Å². The van der Waals surface area contributed by atoms with Gasteiger partial charge in [0.05, 0.1) is 52.9 Å². The molecule has 0 saturated carbocycles. The van der Waals surface area contributed by atoms with Gasteiger partial charge in [0.2, 0.25) is 0 Å². The summed E-state index contributed by atoms with van der Waals surface area (Å²) in [6, 6.07) is 0. The average Bonchev–Trinajstić information content (AvgIpc) is 2.85. The smallest absolute Gasteiger partial charge is 0.119 e. The number of nitrogens with one attached hydrogen (secondary N) is 1. The van der Waals surface area contributed by atoms with Crippen molar-refractivity contribution in [1.82, 2.24) is 5.32 Å². The molecule has 0 amide bonds. The minimum Gasteiger partial charge on any atom is -0.378 e. The van der Waals surface area contributed by atoms with Crippen molar-refractivity contribution in [3.8, 4) is 0 Å². The van der Waals surface area contributed by atoms with Crippen molar-refractivity contribution in [3.63, 3.8) is 0 Å². The van der Waals surface area contributed by atoms with E-state index in [9.17, 15) is 4.79 Å². The molecule has 0 aromatic carbocycles. The van der Waals surface area contributed by atoms with Crippen LogP contribution in [0.5, 0.6) is 0 Å². The molecule has 0 spiro atoms. The average molecular weight is 491 g/mol. The fourth-order valence-corrected chi connectivity index (χ4v) is 3.26. The Hall–Kier alpha value is -0.570. The summed E-state index contributed by atoms with van der Waals surface area (Å²) in [7, 11) is 1.90. The Balaban J connectivity index is 0. The summed E-state index contributed by atoms with van der Waals surface area (Å²) < 4.78 is 21.0. The summed E-state index contributed by atoms with van der Waals surface area (Å²) in [5, 5.41) is 3.00. The third kappa shape index (κ3) is 38.7. The quantitative estimate of drug-likeness (QED) is 0.119. The fourth-order valence-electron chi connectivity index (χ4n) is 3.26. The van der Waals surface area contributed by atoms with E-state index in [0.717, 1.165) is 32.3 Å². The highest BCUT2D eigenvalue weighted by Gasteiger charge is 1.94. The van der Waals surface area contributed by atoms with E-state index in [1.54, 1.807) is 0 Å². The van der Waals surface area contributed by atoms with Crippen molar-refractivity contribution in [3.05, 3.63) is 0 Å². The predicted molar refractivity (Wildman–Crippen MR) is 143 cm³/mol. The van der Waals surface area contributed by atoms with Gasteiger partial charge in [-0.25, -0.2) is 0 Å². The molecule has 0 rings (SSSR count). The molecule has 0 aliphatic carbocycles. The minimum absolute atomic E-state index is 0.552. The standard InChI is InChI=1S/C16H32O.C11H26N2O4/c1-2-3-4-5-6-7-8-9-10-11-12-13-14-15-16-17;1-13-3-5-15-7-9-17-11-10-16-8-6-14-4-2-12/h16H,2-15H2,1H3;13H,2-12H2,1H3. The molecule has 7 heteroatoms. The summed E-state index contributed by atoms with van der Waals surface area (Å²) in [6.07, 6.45) is 19.6. The molecule has 0 aliphatic heterocycles. The van der Waals surface area contributed by atoms with Gasteiger partial charge in [0.15, 0.2) is 0 Å². The van der Waals surface area contributed by atoms with Gasteiger partial charge in [-0.3, -0.25) is 0 Å². The molecule has 3 N–H and O–H groups in total. The van der Waals surface area contributed by atoms with E-state index in [2.05, 4.69) is 12.2 Å². The molecule has 0 aliphatic rings. The van der Waals surface area contributed by atoms with Gasteiger partial charge in [-0.15, -0.1) is 0 Å². The van der Waals surface area contributed by atoms with Gasteiger partial charge in [0, 0.05) is 19.5 Å². The van der Waals surface area contributed by atoms with Gasteiger partial charge in [0.25, 0.3) is 0 Å². The Morgan fingerprint density at radius 3 is 1.35 bits per heavy atom. The molecular weight excluding hydrogens is 432 g/mol. The molecule has 0 fully saturated rings. The SMILES string of the molecule is CCCCCCCCCCCCCCCC=O.CNCCOCCOCCOCCOCCN. The van der Waals surface area contributed by atoms with E-state index in [0.29, 0.717) is 52.8 Å². The van der Waals surface area contributed by atoms with E-state index >= 15 is 0 Å². The Morgan fingerprint density at radius 1 is 0.588 bits per heavy atom. The number of likely N-dealkylation sites (N-methyl/N-ethyl adjacent to an activating group) is 1. The van der Waals surface area contributed by atoms with Gasteiger partial charge < -0.3 is 34.8 Å². The topological polar surface area (TPSA) is 92.0 Å². The second-order valence-electron chi connectivity index (χ2n) is 8.54. The highest BCUT2D eigenvalue weighted by atomic mass is 16.6. The molecule has 0 radical (unpaired) electrons. The second-order valence-corrected chi connectivity index (χ2v) is 8.54. The van der Waals surface area contributed by atoms with E-state index in [-0.39, 0.29) is 0 Å². The lowest BCUT2D eigenvalue weighted by atomic mass is 10.0. The number of unbranched alkanes of at least 4 members (excludes halogenated alkanes) is 13. The summed E-state index contributed by atoms with van der Waals surface area (Å²) in [5.41, 5.74) is 5.27. The number of ether oxygens (including phenoxy) is 4. The van der Waals surface area contributed by atoms with Crippen LogP contribution in [0.15, 0.2) is 0 Å². The van der Waals surface area contributed by atoms with Gasteiger partial charge in [-0.2, -0.15) is 0 Å². The fraction of sp³-hybridized carbons (Fsp3) is 0.963. The number of nitrogens with two attached hydrogens (primary N) is 1. The first kappa shape index (κ1) is 35.6. The first-order valence-electron chi connectivity index (χ1n) is 13.9. The van der Waals surface area contributed by atoms with Crippen LogP contribution in [0.3, 0.4) is 0 Å². The Labute approximate surface area is 211 Å². The van der Waals surface area contributed by atoms with Crippen LogP contribution in [0.2, 0.25) is 0 Å². The van der Waals surface area contributed by atoms with E-state index < -0.39 is 0 Å². The number of hydrogen-bond acceptors (Lipinski definition) is 7. The number of carbonyl (C=O) groups is 1. The maximum absolute atomic E-state index is 10.1. The maximum atomic E-state index is 10.1. The van der Waals surface area contributed by atoms with Crippen LogP contribution < -0.4 is 11.1 Å². The van der Waals surface area contributed by atoms with E-state index in [1.807, 2.05) is 7.05 Å². The first-order chi connectivity index (χ1) is 16.8. The summed E-state index contributed by atoms with van der Waals surface area (Å²) in [6.45, 7) is 8.58. The molecule has 0 aromatic heterocycles. The zero-order valence-corrected chi connectivity index (χ0v) is 22.7. The predicted octanol–water partition coefficient (Wildman–Crippen LogP) is 4.90. The van der Waals surface area contributed by atoms with Crippen molar-refractivity contribution in [2.75, 3.05) is 73.0 Å². The molecule has 206 valence electrons. The van der Waals surface area contributed by atoms with Crippen LogP contribution in [0.1, 0.15) is 96.8 Å². The maximum Gasteiger partial charge on any atom is 0.119 e. The molecule has 0 heterocycles. The molecule has 34 heavy (non-hydrogen) atoms. The van der Waals surface area contributed by atoms with Crippen LogP contribution in [-0.2, 0) is 23.7 Å². The lowest BCUT2D eigenvalue weighted by Gasteiger charge is -2.07. The number of carbonyl (C=O) groups excluding carboxylic acids is 1.